The van der Waals surface area contributed by atoms with Crippen LogP contribution in [0.1, 0.15) is 30.3 Å². The van der Waals surface area contributed by atoms with E-state index in [0.29, 0.717) is 12.6 Å². The van der Waals surface area contributed by atoms with Crippen molar-refractivity contribution in [3.63, 3.8) is 0 Å². The lowest BCUT2D eigenvalue weighted by molar-refractivity contribution is 0.123. The fraction of sp³-hybridized carbons (Fsp3) is 0.471. The Morgan fingerprint density at radius 3 is 2.77 bits per heavy atom. The maximum atomic E-state index is 5.86. The van der Waals surface area contributed by atoms with Crippen LogP contribution in [0, 0.1) is 0 Å². The molecule has 3 rings (SSSR count). The van der Waals surface area contributed by atoms with Crippen LogP contribution in [-0.4, -0.2) is 36.7 Å². The highest BCUT2D eigenvalue weighted by atomic mass is 32.1. The van der Waals surface area contributed by atoms with Gasteiger partial charge in [-0.15, -0.1) is 11.3 Å². The van der Waals surface area contributed by atoms with Crippen LogP contribution in [0.25, 0.3) is 0 Å². The zero-order chi connectivity index (χ0) is 15.2. The smallest absolute Gasteiger partial charge is 0.119 e. The maximum Gasteiger partial charge on any atom is 0.119 e. The molecule has 2 heterocycles. The summed E-state index contributed by atoms with van der Waals surface area (Å²) in [7, 11) is 1.67. The van der Waals surface area contributed by atoms with Gasteiger partial charge >= 0.3 is 0 Å². The summed E-state index contributed by atoms with van der Waals surface area (Å²) in [6.45, 7) is 2.78. The second kappa shape index (κ2) is 7.61. The first kappa shape index (κ1) is 15.3. The van der Waals surface area contributed by atoms with Gasteiger partial charge in [-0.3, -0.25) is 4.90 Å². The standard InChI is InChI=1S/C17H22N2O2S/c1-20-14-5-7-15(8-6-14)21-12-11-19-10-3-2-4-16(19)17-18-9-13-22-17/h5-9,13,16H,2-4,10-12H2,1H3/t16-/m1/s1. The molecule has 1 atom stereocenters. The third-order valence-corrected chi connectivity index (χ3v) is 4.93. The molecule has 4 nitrogen and oxygen atoms in total. The molecule has 0 bridgehead atoms. The number of rotatable bonds is 6. The van der Waals surface area contributed by atoms with Crippen LogP contribution in [0.2, 0.25) is 0 Å². The van der Waals surface area contributed by atoms with Crippen molar-refractivity contribution in [2.75, 3.05) is 26.8 Å². The summed E-state index contributed by atoms with van der Waals surface area (Å²) in [5.74, 6) is 1.75. The monoisotopic (exact) mass is 318 g/mol. The van der Waals surface area contributed by atoms with E-state index < -0.39 is 0 Å². The Morgan fingerprint density at radius 2 is 2.05 bits per heavy atom. The molecule has 2 aromatic rings. The van der Waals surface area contributed by atoms with Gasteiger partial charge in [-0.1, -0.05) is 6.42 Å². The fourth-order valence-corrected chi connectivity index (χ4v) is 3.70. The Morgan fingerprint density at radius 1 is 1.23 bits per heavy atom. The predicted molar refractivity (Wildman–Crippen MR) is 88.8 cm³/mol. The number of piperidine rings is 1. The molecule has 0 unspecified atom stereocenters. The van der Waals surface area contributed by atoms with Gasteiger partial charge in [0.2, 0.25) is 0 Å². The molecule has 0 amide bonds. The minimum absolute atomic E-state index is 0.466. The van der Waals surface area contributed by atoms with E-state index >= 15 is 0 Å². The van der Waals surface area contributed by atoms with Crippen molar-refractivity contribution in [2.24, 2.45) is 0 Å². The molecule has 1 aromatic heterocycles. The van der Waals surface area contributed by atoms with E-state index in [-0.39, 0.29) is 0 Å². The van der Waals surface area contributed by atoms with E-state index in [0.717, 1.165) is 24.6 Å². The van der Waals surface area contributed by atoms with E-state index in [1.807, 2.05) is 30.5 Å². The summed E-state index contributed by atoms with van der Waals surface area (Å²) in [5.41, 5.74) is 0. The molecule has 5 heteroatoms. The Balaban J connectivity index is 1.52. The van der Waals surface area contributed by atoms with Crippen molar-refractivity contribution in [2.45, 2.75) is 25.3 Å². The summed E-state index contributed by atoms with van der Waals surface area (Å²) in [5, 5.41) is 3.31. The van der Waals surface area contributed by atoms with Crippen LogP contribution in [0.15, 0.2) is 35.8 Å². The molecule has 0 saturated carbocycles. The molecular formula is C17H22N2O2S. The van der Waals surface area contributed by atoms with E-state index in [1.165, 1.54) is 24.3 Å². The van der Waals surface area contributed by atoms with E-state index in [2.05, 4.69) is 15.3 Å². The van der Waals surface area contributed by atoms with Gasteiger partial charge in [0.25, 0.3) is 0 Å². The second-order valence-electron chi connectivity index (χ2n) is 5.44. The lowest BCUT2D eigenvalue weighted by Crippen LogP contribution is -2.36. The van der Waals surface area contributed by atoms with E-state index in [1.54, 1.807) is 18.4 Å². The van der Waals surface area contributed by atoms with Gasteiger partial charge in [0, 0.05) is 18.1 Å². The molecule has 1 aliphatic heterocycles. The topological polar surface area (TPSA) is 34.6 Å². The fourth-order valence-electron chi connectivity index (χ4n) is 2.89. The summed E-state index contributed by atoms with van der Waals surface area (Å²) in [6, 6.07) is 8.22. The minimum atomic E-state index is 0.466. The van der Waals surface area contributed by atoms with E-state index in [9.17, 15) is 0 Å². The molecule has 118 valence electrons. The molecule has 1 saturated heterocycles. The summed E-state index contributed by atoms with van der Waals surface area (Å²) >= 11 is 1.76. The van der Waals surface area contributed by atoms with Crippen LogP contribution in [-0.2, 0) is 0 Å². The highest BCUT2D eigenvalue weighted by molar-refractivity contribution is 7.09. The zero-order valence-corrected chi connectivity index (χ0v) is 13.7. The first-order valence-electron chi connectivity index (χ1n) is 7.77. The van der Waals surface area contributed by atoms with Gasteiger partial charge in [-0.2, -0.15) is 0 Å². The number of ether oxygens (including phenoxy) is 2. The molecule has 0 aliphatic carbocycles. The quantitative estimate of drug-likeness (QED) is 0.812. The van der Waals surface area contributed by atoms with Gasteiger partial charge in [0.05, 0.1) is 13.2 Å². The third-order valence-electron chi connectivity index (χ3n) is 4.06. The normalized spacial score (nSPS) is 19.0. The van der Waals surface area contributed by atoms with Gasteiger partial charge in [0.1, 0.15) is 23.1 Å². The Kier molecular flexibility index (Phi) is 5.29. The first-order valence-corrected chi connectivity index (χ1v) is 8.65. The van der Waals surface area contributed by atoms with Crippen molar-refractivity contribution in [3.8, 4) is 11.5 Å². The van der Waals surface area contributed by atoms with Crippen molar-refractivity contribution in [1.82, 2.24) is 9.88 Å². The number of likely N-dealkylation sites (tertiary alicyclic amines) is 1. The number of aromatic nitrogens is 1. The van der Waals surface area contributed by atoms with E-state index in [4.69, 9.17) is 9.47 Å². The Hall–Kier alpha value is -1.59. The average Bonchev–Trinajstić information content (AvgIpc) is 3.10. The highest BCUT2D eigenvalue weighted by Crippen LogP contribution is 2.31. The Labute approximate surface area is 135 Å². The molecule has 1 aliphatic rings. The first-order chi connectivity index (χ1) is 10.9. The summed E-state index contributed by atoms with van der Waals surface area (Å²) in [4.78, 5) is 7.00. The van der Waals surface area contributed by atoms with Gasteiger partial charge in [-0.25, -0.2) is 4.98 Å². The maximum absolute atomic E-state index is 5.86. The molecular weight excluding hydrogens is 296 g/mol. The molecule has 1 fully saturated rings. The van der Waals surface area contributed by atoms with Crippen LogP contribution >= 0.6 is 11.3 Å². The zero-order valence-electron chi connectivity index (χ0n) is 12.9. The number of benzene rings is 1. The number of thiazole rings is 1. The second-order valence-corrected chi connectivity index (χ2v) is 6.37. The van der Waals surface area contributed by atoms with Crippen LogP contribution in [0.3, 0.4) is 0 Å². The lowest BCUT2D eigenvalue weighted by atomic mass is 10.0. The lowest BCUT2D eigenvalue weighted by Gasteiger charge is -2.34. The van der Waals surface area contributed by atoms with Crippen molar-refractivity contribution in [1.29, 1.82) is 0 Å². The van der Waals surface area contributed by atoms with Crippen molar-refractivity contribution >= 4 is 11.3 Å². The third kappa shape index (κ3) is 3.78. The minimum Gasteiger partial charge on any atom is -0.497 e. The number of methoxy groups -OCH3 is 1. The molecule has 0 radical (unpaired) electrons. The average molecular weight is 318 g/mol. The summed E-state index contributed by atoms with van der Waals surface area (Å²) < 4.78 is 11.0. The van der Waals surface area contributed by atoms with Gasteiger partial charge < -0.3 is 9.47 Å². The predicted octanol–water partition coefficient (Wildman–Crippen LogP) is 3.76. The molecule has 0 spiro atoms. The van der Waals surface area contributed by atoms with Gasteiger partial charge in [0.15, 0.2) is 0 Å². The number of nitrogens with zero attached hydrogens (tertiary/aromatic N) is 2. The van der Waals surface area contributed by atoms with Crippen molar-refractivity contribution < 1.29 is 9.47 Å². The van der Waals surface area contributed by atoms with Crippen LogP contribution in [0.4, 0.5) is 0 Å². The SMILES string of the molecule is COc1ccc(OCCN2CCCC[C@@H]2c2nccs2)cc1. The van der Waals surface area contributed by atoms with Crippen LogP contribution < -0.4 is 9.47 Å². The number of hydrogen-bond donors (Lipinski definition) is 0. The Bertz CT molecular complexity index is 557. The molecule has 22 heavy (non-hydrogen) atoms. The largest absolute Gasteiger partial charge is 0.497 e. The number of hydrogen-bond acceptors (Lipinski definition) is 5. The van der Waals surface area contributed by atoms with Crippen molar-refractivity contribution in [3.05, 3.63) is 40.8 Å². The summed E-state index contributed by atoms with van der Waals surface area (Å²) in [6.07, 6.45) is 5.67. The van der Waals surface area contributed by atoms with Gasteiger partial charge in [-0.05, 0) is 43.7 Å². The molecule has 0 N–H and O–H groups in total. The molecule has 1 aromatic carbocycles. The van der Waals surface area contributed by atoms with Crippen LogP contribution in [0.5, 0.6) is 11.5 Å². The highest BCUT2D eigenvalue weighted by Gasteiger charge is 2.25.